The van der Waals surface area contributed by atoms with E-state index in [0.717, 1.165) is 12.8 Å². The van der Waals surface area contributed by atoms with Gasteiger partial charge in [0.2, 0.25) is 5.91 Å². The van der Waals surface area contributed by atoms with Gasteiger partial charge in [-0.3, -0.25) is 9.59 Å². The largest absolute Gasteiger partial charge is 0.356 e. The summed E-state index contributed by atoms with van der Waals surface area (Å²) in [4.78, 5) is 21.9. The van der Waals surface area contributed by atoms with Gasteiger partial charge in [0.1, 0.15) is 0 Å². The van der Waals surface area contributed by atoms with Gasteiger partial charge in [-0.15, -0.1) is 0 Å². The average Bonchev–Trinajstić information content (AvgIpc) is 2.12. The molecule has 0 aromatic heterocycles. The Bertz CT molecular complexity index is 195. The average molecular weight is 217 g/mol. The third-order valence-corrected chi connectivity index (χ3v) is 2.94. The van der Waals surface area contributed by atoms with Crippen LogP contribution in [0, 0.1) is 5.92 Å². The zero-order valence-electron chi connectivity index (χ0n) is 9.13. The highest BCUT2D eigenvalue weighted by Gasteiger charge is 2.11. The Labute approximate surface area is 90.0 Å². The van der Waals surface area contributed by atoms with Crippen molar-refractivity contribution in [1.29, 1.82) is 0 Å². The quantitative estimate of drug-likeness (QED) is 0.690. The Morgan fingerprint density at radius 2 is 2.07 bits per heavy atom. The summed E-state index contributed by atoms with van der Waals surface area (Å²) < 4.78 is 0. The lowest BCUT2D eigenvalue weighted by Gasteiger charge is -2.07. The summed E-state index contributed by atoms with van der Waals surface area (Å²) in [5, 5.41) is 2.89. The maximum absolute atomic E-state index is 11.4. The van der Waals surface area contributed by atoms with Gasteiger partial charge in [0, 0.05) is 25.1 Å². The molecule has 0 aliphatic rings. The minimum Gasteiger partial charge on any atom is -0.356 e. The van der Waals surface area contributed by atoms with Gasteiger partial charge in [0.25, 0.3) is 0 Å². The second-order valence-corrected chi connectivity index (χ2v) is 4.44. The Kier molecular flexibility index (Phi) is 7.57. The van der Waals surface area contributed by atoms with Crippen molar-refractivity contribution >= 4 is 22.8 Å². The highest BCUT2D eigenvalue weighted by atomic mass is 32.2. The molecular weight excluding hydrogens is 198 g/mol. The fourth-order valence-electron chi connectivity index (χ4n) is 1.07. The van der Waals surface area contributed by atoms with Crippen LogP contribution in [0.2, 0.25) is 0 Å². The first-order valence-electron chi connectivity index (χ1n) is 4.99. The molecule has 0 bridgehead atoms. The normalized spacial score (nSPS) is 12.2. The number of carbonyl (C=O) groups excluding carboxylic acids is 2. The first-order chi connectivity index (χ1) is 6.57. The third kappa shape index (κ3) is 6.95. The first kappa shape index (κ1) is 13.5. The molecule has 14 heavy (non-hydrogen) atoms. The molecule has 1 atom stereocenters. The van der Waals surface area contributed by atoms with Gasteiger partial charge < -0.3 is 5.32 Å². The van der Waals surface area contributed by atoms with Gasteiger partial charge in [0.05, 0.1) is 0 Å². The van der Waals surface area contributed by atoms with E-state index in [0.29, 0.717) is 12.3 Å². The molecule has 0 aromatic carbocycles. The smallest absolute Gasteiger partial charge is 0.216 e. The fourth-order valence-corrected chi connectivity index (χ4v) is 1.88. The minimum absolute atomic E-state index is 0.0420. The van der Waals surface area contributed by atoms with Crippen LogP contribution in [0.15, 0.2) is 0 Å². The molecule has 0 saturated carbocycles. The molecule has 0 aliphatic carbocycles. The monoisotopic (exact) mass is 217 g/mol. The molecule has 1 N–H and O–H groups in total. The van der Waals surface area contributed by atoms with E-state index in [9.17, 15) is 9.59 Å². The lowest BCUT2D eigenvalue weighted by Crippen LogP contribution is -2.23. The summed E-state index contributed by atoms with van der Waals surface area (Å²) >= 11 is 1.31. The van der Waals surface area contributed by atoms with Crippen LogP contribution >= 0.6 is 11.8 Å². The highest BCUT2D eigenvalue weighted by molar-refractivity contribution is 8.13. The van der Waals surface area contributed by atoms with Crippen molar-refractivity contribution in [2.45, 2.75) is 33.6 Å². The van der Waals surface area contributed by atoms with E-state index < -0.39 is 0 Å². The molecule has 0 spiro atoms. The molecule has 82 valence electrons. The zero-order valence-corrected chi connectivity index (χ0v) is 9.95. The fraction of sp³-hybridized carbons (Fsp3) is 0.800. The Balaban J connectivity index is 3.48. The van der Waals surface area contributed by atoms with E-state index in [2.05, 4.69) is 12.2 Å². The number of thioether (sulfide) groups is 1. The summed E-state index contributed by atoms with van der Waals surface area (Å²) in [5.74, 6) is 0.772. The van der Waals surface area contributed by atoms with E-state index in [1.54, 1.807) is 0 Å². The number of carbonyl (C=O) groups is 2. The molecular formula is C10H19NO2S. The minimum atomic E-state index is -0.0420. The van der Waals surface area contributed by atoms with Crippen LogP contribution < -0.4 is 5.32 Å². The van der Waals surface area contributed by atoms with Crippen molar-refractivity contribution in [3.8, 4) is 0 Å². The summed E-state index contributed by atoms with van der Waals surface area (Å²) in [6.07, 6.45) is 1.99. The lowest BCUT2D eigenvalue weighted by molar-refractivity contribution is -0.119. The van der Waals surface area contributed by atoms with Crippen LogP contribution in [0.3, 0.4) is 0 Å². The van der Waals surface area contributed by atoms with E-state index >= 15 is 0 Å². The summed E-state index contributed by atoms with van der Waals surface area (Å²) in [6.45, 7) is 6.08. The number of amides is 1. The standard InChI is InChI=1S/C10H19NO2S/c1-4-5-8(2)10(13)14-7-6-11-9(3)12/h8H,4-7H2,1-3H3,(H,11,12). The molecule has 0 heterocycles. The van der Waals surface area contributed by atoms with E-state index in [4.69, 9.17) is 0 Å². The highest BCUT2D eigenvalue weighted by Crippen LogP contribution is 2.14. The molecule has 1 amide bonds. The Hall–Kier alpha value is -0.510. The van der Waals surface area contributed by atoms with Crippen LogP contribution in [-0.2, 0) is 9.59 Å². The molecule has 0 aromatic rings. The molecule has 0 saturated heterocycles. The van der Waals surface area contributed by atoms with Gasteiger partial charge in [-0.05, 0) is 6.42 Å². The van der Waals surface area contributed by atoms with E-state index in [-0.39, 0.29) is 16.9 Å². The molecule has 1 unspecified atom stereocenters. The number of hydrogen-bond acceptors (Lipinski definition) is 3. The Morgan fingerprint density at radius 3 is 2.57 bits per heavy atom. The van der Waals surface area contributed by atoms with Crippen LogP contribution in [0.4, 0.5) is 0 Å². The molecule has 3 nitrogen and oxygen atoms in total. The zero-order chi connectivity index (χ0) is 11.0. The number of rotatable bonds is 6. The second kappa shape index (κ2) is 7.85. The van der Waals surface area contributed by atoms with Gasteiger partial charge in [-0.2, -0.15) is 0 Å². The van der Waals surface area contributed by atoms with Crippen molar-refractivity contribution < 1.29 is 9.59 Å². The van der Waals surface area contributed by atoms with Gasteiger partial charge in [-0.1, -0.05) is 32.0 Å². The second-order valence-electron chi connectivity index (χ2n) is 3.34. The van der Waals surface area contributed by atoms with Crippen molar-refractivity contribution in [1.82, 2.24) is 5.32 Å². The molecule has 4 heteroatoms. The Morgan fingerprint density at radius 1 is 1.43 bits per heavy atom. The van der Waals surface area contributed by atoms with Crippen molar-refractivity contribution in [2.75, 3.05) is 12.3 Å². The number of hydrogen-bond donors (Lipinski definition) is 1. The third-order valence-electron chi connectivity index (χ3n) is 1.84. The van der Waals surface area contributed by atoms with E-state index in [1.807, 2.05) is 6.92 Å². The first-order valence-corrected chi connectivity index (χ1v) is 5.97. The maximum Gasteiger partial charge on any atom is 0.216 e. The van der Waals surface area contributed by atoms with Crippen molar-refractivity contribution in [3.63, 3.8) is 0 Å². The SMILES string of the molecule is CCCC(C)C(=O)SCCNC(C)=O. The van der Waals surface area contributed by atoms with Crippen molar-refractivity contribution in [3.05, 3.63) is 0 Å². The van der Waals surface area contributed by atoms with Crippen LogP contribution in [0.25, 0.3) is 0 Å². The summed E-state index contributed by atoms with van der Waals surface area (Å²) in [7, 11) is 0. The van der Waals surface area contributed by atoms with Crippen LogP contribution in [0.5, 0.6) is 0 Å². The van der Waals surface area contributed by atoms with Crippen LogP contribution in [-0.4, -0.2) is 23.3 Å². The van der Waals surface area contributed by atoms with Crippen molar-refractivity contribution in [2.24, 2.45) is 5.92 Å². The molecule has 0 aliphatic heterocycles. The summed E-state index contributed by atoms with van der Waals surface area (Å²) in [6, 6.07) is 0. The molecule has 0 fully saturated rings. The topological polar surface area (TPSA) is 46.2 Å². The molecule has 0 radical (unpaired) electrons. The van der Waals surface area contributed by atoms with Crippen LogP contribution in [0.1, 0.15) is 33.6 Å². The summed E-state index contributed by atoms with van der Waals surface area (Å²) in [5.41, 5.74) is 0. The van der Waals surface area contributed by atoms with Gasteiger partial charge in [-0.25, -0.2) is 0 Å². The lowest BCUT2D eigenvalue weighted by atomic mass is 10.1. The predicted molar refractivity (Wildman–Crippen MR) is 60.2 cm³/mol. The van der Waals surface area contributed by atoms with E-state index in [1.165, 1.54) is 18.7 Å². The van der Waals surface area contributed by atoms with Gasteiger partial charge in [0.15, 0.2) is 5.12 Å². The number of nitrogens with one attached hydrogen (secondary N) is 1. The predicted octanol–water partition coefficient (Wildman–Crippen LogP) is 1.82. The van der Waals surface area contributed by atoms with Gasteiger partial charge >= 0.3 is 0 Å². The molecule has 0 rings (SSSR count). The maximum atomic E-state index is 11.4.